The lowest BCUT2D eigenvalue weighted by atomic mass is 10.3. The lowest BCUT2D eigenvalue weighted by Gasteiger charge is -2.09. The summed E-state index contributed by atoms with van der Waals surface area (Å²) in [7, 11) is 1.46. The van der Waals surface area contributed by atoms with E-state index in [0.717, 1.165) is 0 Å². The van der Waals surface area contributed by atoms with E-state index in [4.69, 9.17) is 28.9 Å². The molecule has 86 valence electrons. The van der Waals surface area contributed by atoms with Crippen molar-refractivity contribution >= 4 is 40.9 Å². The number of benzene rings is 1. The third-order valence-electron chi connectivity index (χ3n) is 1.68. The number of hydrogen-bond acceptors (Lipinski definition) is 2. The number of carbonyl (C=O) groups excluding carboxylic acids is 1. The van der Waals surface area contributed by atoms with Crippen LogP contribution in [0.3, 0.4) is 0 Å². The summed E-state index contributed by atoms with van der Waals surface area (Å²) < 4.78 is 0. The van der Waals surface area contributed by atoms with Crippen LogP contribution in [0.4, 0.5) is 10.5 Å². The molecule has 7 heteroatoms. The number of carbonyl (C=O) groups is 1. The van der Waals surface area contributed by atoms with Gasteiger partial charge >= 0.3 is 6.03 Å². The molecule has 0 aliphatic rings. The number of nitrogens with zero attached hydrogens (tertiary/aromatic N) is 1. The molecule has 0 spiro atoms. The van der Waals surface area contributed by atoms with E-state index >= 15 is 0 Å². The van der Waals surface area contributed by atoms with Crippen LogP contribution in [0.1, 0.15) is 0 Å². The van der Waals surface area contributed by atoms with E-state index in [1.54, 1.807) is 18.2 Å². The van der Waals surface area contributed by atoms with E-state index in [1.165, 1.54) is 7.05 Å². The molecule has 0 atom stereocenters. The average molecular weight is 261 g/mol. The van der Waals surface area contributed by atoms with E-state index in [9.17, 15) is 4.79 Å². The zero-order valence-corrected chi connectivity index (χ0v) is 9.93. The highest BCUT2D eigenvalue weighted by molar-refractivity contribution is 6.39. The highest BCUT2D eigenvalue weighted by Crippen LogP contribution is 2.29. The summed E-state index contributed by atoms with van der Waals surface area (Å²) >= 11 is 11.7. The normalized spacial score (nSPS) is 11.1. The van der Waals surface area contributed by atoms with Crippen molar-refractivity contribution in [2.24, 2.45) is 10.7 Å². The maximum Gasteiger partial charge on any atom is 0.326 e. The van der Waals surface area contributed by atoms with Gasteiger partial charge in [-0.2, -0.15) is 0 Å². The number of anilines is 1. The van der Waals surface area contributed by atoms with Gasteiger partial charge in [-0.1, -0.05) is 29.3 Å². The second-order valence-electron chi connectivity index (χ2n) is 2.78. The zero-order valence-electron chi connectivity index (χ0n) is 8.42. The number of rotatable bonds is 1. The number of halogens is 2. The summed E-state index contributed by atoms with van der Waals surface area (Å²) in [6.45, 7) is 0. The van der Waals surface area contributed by atoms with Crippen molar-refractivity contribution in [2.45, 2.75) is 0 Å². The van der Waals surface area contributed by atoms with Crippen LogP contribution in [0.15, 0.2) is 23.2 Å². The van der Waals surface area contributed by atoms with Crippen molar-refractivity contribution in [3.05, 3.63) is 28.2 Å². The van der Waals surface area contributed by atoms with Gasteiger partial charge in [0, 0.05) is 7.05 Å². The molecule has 5 nitrogen and oxygen atoms in total. The van der Waals surface area contributed by atoms with Crippen molar-refractivity contribution in [3.8, 4) is 0 Å². The van der Waals surface area contributed by atoms with Gasteiger partial charge < -0.3 is 11.1 Å². The minimum absolute atomic E-state index is 0.000626. The minimum Gasteiger partial charge on any atom is -0.370 e. The largest absolute Gasteiger partial charge is 0.370 e. The van der Waals surface area contributed by atoms with Crippen LogP contribution in [0, 0.1) is 0 Å². The van der Waals surface area contributed by atoms with Crippen LogP contribution in [-0.2, 0) is 0 Å². The molecule has 0 heterocycles. The average Bonchev–Trinajstić information content (AvgIpc) is 2.23. The van der Waals surface area contributed by atoms with Crippen molar-refractivity contribution in [2.75, 3.05) is 12.4 Å². The molecule has 0 aliphatic heterocycles. The Morgan fingerprint density at radius 1 is 1.38 bits per heavy atom. The summed E-state index contributed by atoms with van der Waals surface area (Å²) in [5.41, 5.74) is 5.64. The van der Waals surface area contributed by atoms with Gasteiger partial charge in [0.2, 0.25) is 0 Å². The molecular weight excluding hydrogens is 251 g/mol. The smallest absolute Gasteiger partial charge is 0.326 e. The lowest BCUT2D eigenvalue weighted by Crippen LogP contribution is -2.39. The Balaban J connectivity index is 2.77. The van der Waals surface area contributed by atoms with Gasteiger partial charge in [0.1, 0.15) is 0 Å². The van der Waals surface area contributed by atoms with E-state index < -0.39 is 6.03 Å². The van der Waals surface area contributed by atoms with Crippen LogP contribution >= 0.6 is 23.2 Å². The molecule has 0 aliphatic carbocycles. The number of nitrogens with one attached hydrogen (secondary N) is 2. The summed E-state index contributed by atoms with van der Waals surface area (Å²) in [5.74, 6) is 0.000626. The van der Waals surface area contributed by atoms with Gasteiger partial charge in [0.25, 0.3) is 0 Å². The predicted octanol–water partition coefficient (Wildman–Crippen LogP) is 2.06. The number of para-hydroxylation sites is 1. The van der Waals surface area contributed by atoms with Crippen molar-refractivity contribution < 1.29 is 4.79 Å². The fraction of sp³-hybridized carbons (Fsp3) is 0.111. The molecule has 0 saturated carbocycles. The van der Waals surface area contributed by atoms with Crippen LogP contribution in [0.2, 0.25) is 10.0 Å². The molecule has 4 N–H and O–H groups in total. The lowest BCUT2D eigenvalue weighted by molar-refractivity contribution is 0.256. The Hall–Kier alpha value is -1.46. The summed E-state index contributed by atoms with van der Waals surface area (Å²) in [5, 5.41) is 5.45. The molecule has 0 fully saturated rings. The molecule has 1 aromatic rings. The standard InChI is InChI=1S/C9H10Cl2N4O/c1-13-8(12)15-9(16)14-7-5(10)3-2-4-6(7)11/h2-4H,1H3,(H4,12,13,14,15,16). The Morgan fingerprint density at radius 2 is 1.94 bits per heavy atom. The van der Waals surface area contributed by atoms with Crippen LogP contribution < -0.4 is 16.4 Å². The molecule has 0 saturated heterocycles. The van der Waals surface area contributed by atoms with Crippen molar-refractivity contribution in [3.63, 3.8) is 0 Å². The first-order valence-electron chi connectivity index (χ1n) is 4.29. The number of urea groups is 1. The number of amides is 2. The topological polar surface area (TPSA) is 79.5 Å². The zero-order chi connectivity index (χ0) is 12.1. The maximum absolute atomic E-state index is 11.4. The molecule has 0 unspecified atom stereocenters. The van der Waals surface area contributed by atoms with Gasteiger partial charge in [-0.3, -0.25) is 10.3 Å². The molecule has 2 amide bonds. The van der Waals surface area contributed by atoms with E-state index in [2.05, 4.69) is 15.6 Å². The maximum atomic E-state index is 11.4. The molecule has 0 bridgehead atoms. The molecule has 0 radical (unpaired) electrons. The SMILES string of the molecule is CN=C(N)NC(=O)Nc1c(Cl)cccc1Cl. The third-order valence-corrected chi connectivity index (χ3v) is 2.31. The second kappa shape index (κ2) is 5.58. The van der Waals surface area contributed by atoms with Crippen LogP contribution in [-0.4, -0.2) is 19.0 Å². The quantitative estimate of drug-likeness (QED) is 0.534. The Labute approximate surface area is 103 Å². The monoisotopic (exact) mass is 260 g/mol. The van der Waals surface area contributed by atoms with Crippen LogP contribution in [0.25, 0.3) is 0 Å². The number of aliphatic imine (C=N–C) groups is 1. The molecule has 0 aromatic heterocycles. The predicted molar refractivity (Wildman–Crippen MR) is 66.2 cm³/mol. The first-order chi connectivity index (χ1) is 7.54. The van der Waals surface area contributed by atoms with Gasteiger partial charge in [-0.05, 0) is 12.1 Å². The van der Waals surface area contributed by atoms with Gasteiger partial charge in [0.15, 0.2) is 5.96 Å². The first kappa shape index (κ1) is 12.6. The molecule has 1 aromatic carbocycles. The van der Waals surface area contributed by atoms with Crippen molar-refractivity contribution in [1.29, 1.82) is 0 Å². The highest BCUT2D eigenvalue weighted by Gasteiger charge is 2.09. The van der Waals surface area contributed by atoms with E-state index in [1.807, 2.05) is 0 Å². The number of hydrogen-bond donors (Lipinski definition) is 3. The highest BCUT2D eigenvalue weighted by atomic mass is 35.5. The number of guanidine groups is 1. The summed E-state index contributed by atoms with van der Waals surface area (Å²) in [6.07, 6.45) is 0. The first-order valence-corrected chi connectivity index (χ1v) is 5.04. The minimum atomic E-state index is -0.557. The third kappa shape index (κ3) is 3.29. The van der Waals surface area contributed by atoms with Gasteiger partial charge in [-0.15, -0.1) is 0 Å². The van der Waals surface area contributed by atoms with Gasteiger partial charge in [0.05, 0.1) is 15.7 Å². The summed E-state index contributed by atoms with van der Waals surface area (Å²) in [6, 6.07) is 4.34. The summed E-state index contributed by atoms with van der Waals surface area (Å²) in [4.78, 5) is 15.0. The second-order valence-corrected chi connectivity index (χ2v) is 3.60. The Bertz CT molecular complexity index is 413. The molecular formula is C9H10Cl2N4O. The number of nitrogens with two attached hydrogens (primary N) is 1. The van der Waals surface area contributed by atoms with Gasteiger partial charge in [-0.25, -0.2) is 4.79 Å². The molecule has 16 heavy (non-hydrogen) atoms. The Kier molecular flexibility index (Phi) is 4.39. The van der Waals surface area contributed by atoms with Crippen molar-refractivity contribution in [1.82, 2.24) is 5.32 Å². The fourth-order valence-electron chi connectivity index (χ4n) is 0.934. The van der Waals surface area contributed by atoms with E-state index in [0.29, 0.717) is 15.7 Å². The Morgan fingerprint density at radius 3 is 2.44 bits per heavy atom. The van der Waals surface area contributed by atoms with E-state index in [-0.39, 0.29) is 5.96 Å². The fourth-order valence-corrected chi connectivity index (χ4v) is 1.43. The molecule has 1 rings (SSSR count). The van der Waals surface area contributed by atoms with Crippen LogP contribution in [0.5, 0.6) is 0 Å².